The normalized spacial score (nSPS) is 11.4. The van der Waals surface area contributed by atoms with Crippen LogP contribution in [-0.4, -0.2) is 35.8 Å². The molecular formula is C18H23N3O4S. The molecular weight excluding hydrogens is 354 g/mol. The predicted octanol–water partition coefficient (Wildman–Crippen LogP) is 1.68. The van der Waals surface area contributed by atoms with Crippen LogP contribution in [0.1, 0.15) is 35.6 Å². The average molecular weight is 377 g/mol. The van der Waals surface area contributed by atoms with Crippen LogP contribution in [0.5, 0.6) is 0 Å². The topological polar surface area (TPSA) is 97.3 Å². The van der Waals surface area contributed by atoms with E-state index in [-0.39, 0.29) is 0 Å². The summed E-state index contributed by atoms with van der Waals surface area (Å²) < 4.78 is 25.4. The first kappa shape index (κ1) is 19.7. The summed E-state index contributed by atoms with van der Waals surface area (Å²) in [4.78, 5) is 24.1. The smallest absolute Gasteiger partial charge is 0.271 e. The van der Waals surface area contributed by atoms with Gasteiger partial charge in [-0.3, -0.25) is 20.4 Å². The van der Waals surface area contributed by atoms with E-state index in [1.807, 2.05) is 41.8 Å². The monoisotopic (exact) mass is 377 g/mol. The Bertz CT molecular complexity index is 915. The summed E-state index contributed by atoms with van der Waals surface area (Å²) in [6.07, 6.45) is 0. The van der Waals surface area contributed by atoms with Crippen LogP contribution in [0.3, 0.4) is 0 Å². The van der Waals surface area contributed by atoms with Crippen molar-refractivity contribution < 1.29 is 18.0 Å². The van der Waals surface area contributed by atoms with Crippen molar-refractivity contribution >= 4 is 21.7 Å². The van der Waals surface area contributed by atoms with Crippen LogP contribution in [-0.2, 0) is 14.6 Å². The third-order valence-corrected chi connectivity index (χ3v) is 6.16. The lowest BCUT2D eigenvalue weighted by molar-refractivity contribution is -0.119. The molecule has 0 aliphatic rings. The van der Waals surface area contributed by atoms with Crippen LogP contribution in [0.15, 0.2) is 36.4 Å². The molecule has 1 aromatic carbocycles. The van der Waals surface area contributed by atoms with Gasteiger partial charge in [0.1, 0.15) is 5.75 Å². The number of nitrogens with one attached hydrogen (secondary N) is 2. The highest BCUT2D eigenvalue weighted by Crippen LogP contribution is 2.20. The summed E-state index contributed by atoms with van der Waals surface area (Å²) in [6, 6.07) is 11.3. The van der Waals surface area contributed by atoms with Crippen LogP contribution in [0, 0.1) is 13.8 Å². The predicted molar refractivity (Wildman–Crippen MR) is 99.8 cm³/mol. The van der Waals surface area contributed by atoms with Gasteiger partial charge in [-0.1, -0.05) is 18.2 Å². The average Bonchev–Trinajstić information content (AvgIpc) is 2.87. The second-order valence-corrected chi connectivity index (χ2v) is 8.87. The molecule has 0 radical (unpaired) electrons. The molecule has 2 rings (SSSR count). The number of hydrogen-bond donors (Lipinski definition) is 2. The van der Waals surface area contributed by atoms with Gasteiger partial charge in [0.25, 0.3) is 11.8 Å². The van der Waals surface area contributed by atoms with E-state index in [9.17, 15) is 18.0 Å². The first-order valence-electron chi connectivity index (χ1n) is 8.18. The van der Waals surface area contributed by atoms with Gasteiger partial charge in [-0.05, 0) is 45.9 Å². The number of nitrogens with zero attached hydrogens (tertiary/aromatic N) is 1. The van der Waals surface area contributed by atoms with E-state index >= 15 is 0 Å². The largest absolute Gasteiger partial charge is 0.318 e. The Kier molecular flexibility index (Phi) is 5.86. The maximum Gasteiger partial charge on any atom is 0.271 e. The van der Waals surface area contributed by atoms with Gasteiger partial charge in [0, 0.05) is 17.1 Å². The molecule has 140 valence electrons. The standard InChI is InChI=1S/C18H23N3O4S/c1-12(2)26(24,25)11-17(22)19-20-18(23)16-10-13(3)21(14(16)4)15-8-6-5-7-9-15/h5-10,12H,11H2,1-4H3,(H,19,22)(H,20,23). The minimum atomic E-state index is -3.52. The highest BCUT2D eigenvalue weighted by atomic mass is 32.2. The molecule has 1 heterocycles. The van der Waals surface area contributed by atoms with Crippen molar-refractivity contribution in [1.82, 2.24) is 15.4 Å². The number of rotatable bonds is 5. The van der Waals surface area contributed by atoms with Crippen molar-refractivity contribution in [3.05, 3.63) is 53.3 Å². The minimum absolute atomic E-state index is 0.401. The van der Waals surface area contributed by atoms with E-state index in [0.717, 1.165) is 17.1 Å². The lowest BCUT2D eigenvalue weighted by atomic mass is 10.2. The van der Waals surface area contributed by atoms with Crippen molar-refractivity contribution in [2.24, 2.45) is 0 Å². The Morgan fingerprint density at radius 1 is 1.08 bits per heavy atom. The molecule has 0 atom stereocenters. The Morgan fingerprint density at radius 2 is 1.69 bits per heavy atom. The summed E-state index contributed by atoms with van der Waals surface area (Å²) in [5, 5.41) is -0.659. The van der Waals surface area contributed by atoms with Crippen molar-refractivity contribution in [3.8, 4) is 5.69 Å². The molecule has 2 aromatic rings. The fourth-order valence-corrected chi connectivity index (χ4v) is 3.32. The molecule has 0 spiro atoms. The van der Waals surface area contributed by atoms with Crippen molar-refractivity contribution in [2.75, 3.05) is 5.75 Å². The summed E-state index contributed by atoms with van der Waals surface area (Å²) in [7, 11) is -3.52. The number of hydrogen-bond acceptors (Lipinski definition) is 4. The van der Waals surface area contributed by atoms with E-state index in [4.69, 9.17) is 0 Å². The summed E-state index contributed by atoms with van der Waals surface area (Å²) >= 11 is 0. The summed E-state index contributed by atoms with van der Waals surface area (Å²) in [6.45, 7) is 6.68. The van der Waals surface area contributed by atoms with Gasteiger partial charge < -0.3 is 4.57 Å². The molecule has 0 aliphatic heterocycles. The van der Waals surface area contributed by atoms with Crippen molar-refractivity contribution in [3.63, 3.8) is 0 Å². The number of benzene rings is 1. The number of aromatic nitrogens is 1. The number of para-hydroxylation sites is 1. The number of amides is 2. The fraction of sp³-hybridized carbons (Fsp3) is 0.333. The van der Waals surface area contributed by atoms with Gasteiger partial charge in [-0.15, -0.1) is 0 Å². The van der Waals surface area contributed by atoms with Gasteiger partial charge >= 0.3 is 0 Å². The number of carbonyl (C=O) groups excluding carboxylic acids is 2. The van der Waals surface area contributed by atoms with Gasteiger partial charge in [-0.2, -0.15) is 0 Å². The van der Waals surface area contributed by atoms with E-state index in [1.165, 1.54) is 13.8 Å². The van der Waals surface area contributed by atoms with Crippen LogP contribution < -0.4 is 10.9 Å². The van der Waals surface area contributed by atoms with Crippen LogP contribution in [0.2, 0.25) is 0 Å². The van der Waals surface area contributed by atoms with Crippen LogP contribution in [0.25, 0.3) is 5.69 Å². The highest BCUT2D eigenvalue weighted by Gasteiger charge is 2.22. The fourth-order valence-electron chi connectivity index (χ4n) is 2.55. The lowest BCUT2D eigenvalue weighted by Crippen LogP contribution is -2.45. The number of carbonyl (C=O) groups is 2. The molecule has 2 N–H and O–H groups in total. The zero-order valence-corrected chi connectivity index (χ0v) is 16.1. The minimum Gasteiger partial charge on any atom is -0.318 e. The maximum atomic E-state index is 12.4. The van der Waals surface area contributed by atoms with Gasteiger partial charge in [0.2, 0.25) is 0 Å². The molecule has 0 bridgehead atoms. The first-order valence-corrected chi connectivity index (χ1v) is 9.90. The Morgan fingerprint density at radius 3 is 2.27 bits per heavy atom. The first-order chi connectivity index (χ1) is 12.1. The molecule has 0 unspecified atom stereocenters. The lowest BCUT2D eigenvalue weighted by Gasteiger charge is -2.11. The third-order valence-electron chi connectivity index (χ3n) is 4.06. The number of sulfone groups is 1. The molecule has 8 heteroatoms. The van der Waals surface area contributed by atoms with Crippen molar-refractivity contribution in [1.29, 1.82) is 0 Å². The molecule has 1 aromatic heterocycles. The summed E-state index contributed by atoms with van der Waals surface area (Å²) in [5.74, 6) is -1.95. The molecule has 0 saturated heterocycles. The SMILES string of the molecule is Cc1cc(C(=O)NNC(=O)CS(=O)(=O)C(C)C)c(C)n1-c1ccccc1. The van der Waals surface area contributed by atoms with E-state index in [2.05, 4.69) is 10.9 Å². The second kappa shape index (κ2) is 7.74. The van der Waals surface area contributed by atoms with E-state index in [1.54, 1.807) is 13.0 Å². The molecule has 26 heavy (non-hydrogen) atoms. The number of aryl methyl sites for hydroxylation is 1. The van der Waals surface area contributed by atoms with Crippen molar-refractivity contribution in [2.45, 2.75) is 32.9 Å². The van der Waals surface area contributed by atoms with Crippen LogP contribution >= 0.6 is 0 Å². The Hall–Kier alpha value is -2.61. The molecule has 7 nitrogen and oxygen atoms in total. The Balaban J connectivity index is 2.11. The maximum absolute atomic E-state index is 12.4. The zero-order chi connectivity index (χ0) is 19.5. The Labute approximate surface area is 153 Å². The van der Waals surface area contributed by atoms with Gasteiger partial charge in [-0.25, -0.2) is 8.42 Å². The molecule has 2 amide bonds. The second-order valence-electron chi connectivity index (χ2n) is 6.31. The van der Waals surface area contributed by atoms with Crippen LogP contribution in [0.4, 0.5) is 0 Å². The van der Waals surface area contributed by atoms with Gasteiger partial charge in [0.15, 0.2) is 9.84 Å². The molecule has 0 saturated carbocycles. The quantitative estimate of drug-likeness (QED) is 0.775. The third kappa shape index (κ3) is 4.32. The summed E-state index contributed by atoms with van der Waals surface area (Å²) in [5.41, 5.74) is 7.35. The zero-order valence-electron chi connectivity index (χ0n) is 15.2. The van der Waals surface area contributed by atoms with Gasteiger partial charge in [0.05, 0.1) is 10.8 Å². The molecule has 0 fully saturated rings. The van der Waals surface area contributed by atoms with E-state index < -0.39 is 32.7 Å². The van der Waals surface area contributed by atoms with E-state index in [0.29, 0.717) is 5.56 Å². The number of hydrazine groups is 1. The molecule has 0 aliphatic carbocycles. The highest BCUT2D eigenvalue weighted by molar-refractivity contribution is 7.92.